The molecule has 0 radical (unpaired) electrons. The molecule has 19 heavy (non-hydrogen) atoms. The molecule has 0 N–H and O–H groups in total. The Morgan fingerprint density at radius 2 is 1.00 bits per heavy atom. The zero-order chi connectivity index (χ0) is 13.5. The van der Waals surface area contributed by atoms with Crippen molar-refractivity contribution < 1.29 is 0 Å². The molecule has 2 aromatic carbocycles. The molecule has 0 atom stereocenters. The predicted octanol–water partition coefficient (Wildman–Crippen LogP) is 3.33. The summed E-state index contributed by atoms with van der Waals surface area (Å²) in [7, 11) is 0. The molecule has 0 fully saturated rings. The first-order chi connectivity index (χ1) is 9.24. The summed E-state index contributed by atoms with van der Waals surface area (Å²) in [5.41, 5.74) is 4.68. The van der Waals surface area contributed by atoms with Crippen molar-refractivity contribution in [2.75, 3.05) is 0 Å². The van der Waals surface area contributed by atoms with E-state index in [1.54, 1.807) is 0 Å². The van der Waals surface area contributed by atoms with Gasteiger partial charge in [-0.15, -0.1) is 0 Å². The maximum atomic E-state index is 3.21. The van der Waals surface area contributed by atoms with Crippen LogP contribution in [-0.4, -0.2) is 20.9 Å². The molecule has 0 spiro atoms. The molecular weight excluding hydrogens is 344 g/mol. The van der Waals surface area contributed by atoms with E-state index < -0.39 is 20.9 Å². The Labute approximate surface area is 125 Å². The van der Waals surface area contributed by atoms with E-state index in [4.69, 9.17) is 0 Å². The van der Waals surface area contributed by atoms with Crippen LogP contribution in [0.4, 0.5) is 0 Å². The molecule has 0 bridgehead atoms. The van der Waals surface area contributed by atoms with Crippen LogP contribution in [-0.2, 0) is 0 Å². The van der Waals surface area contributed by atoms with E-state index in [-0.39, 0.29) is 0 Å². The fraction of sp³-hybridized carbons (Fsp3) is 0.111. The molecule has 0 saturated carbocycles. The van der Waals surface area contributed by atoms with Gasteiger partial charge in [0.2, 0.25) is 0 Å². The SMILES string of the molecule is Cc1ccc(C#C[Te]C#Cc2ccc(C)cc2)cc1. The third-order valence-electron chi connectivity index (χ3n) is 2.60. The van der Waals surface area contributed by atoms with Gasteiger partial charge in [0.25, 0.3) is 0 Å². The number of hydrogen-bond acceptors (Lipinski definition) is 0. The Morgan fingerprint density at radius 3 is 1.37 bits per heavy atom. The van der Waals surface area contributed by atoms with E-state index in [0.29, 0.717) is 0 Å². The number of rotatable bonds is 0. The molecule has 2 aromatic rings. The molecule has 0 saturated heterocycles. The van der Waals surface area contributed by atoms with Crippen LogP contribution < -0.4 is 0 Å². The second-order valence-electron chi connectivity index (χ2n) is 4.29. The first-order valence-electron chi connectivity index (χ1n) is 6.05. The average molecular weight is 358 g/mol. The van der Waals surface area contributed by atoms with Crippen molar-refractivity contribution >= 4 is 20.9 Å². The van der Waals surface area contributed by atoms with Gasteiger partial charge in [0, 0.05) is 0 Å². The van der Waals surface area contributed by atoms with Gasteiger partial charge in [0.15, 0.2) is 0 Å². The van der Waals surface area contributed by atoms with Crippen molar-refractivity contribution in [2.24, 2.45) is 0 Å². The second kappa shape index (κ2) is 7.07. The van der Waals surface area contributed by atoms with Crippen molar-refractivity contribution in [1.29, 1.82) is 0 Å². The molecule has 0 aromatic heterocycles. The van der Waals surface area contributed by atoms with Gasteiger partial charge in [-0.2, -0.15) is 0 Å². The summed E-state index contributed by atoms with van der Waals surface area (Å²) in [6, 6.07) is 16.6. The molecule has 0 aliphatic heterocycles. The summed E-state index contributed by atoms with van der Waals surface area (Å²) < 4.78 is 6.42. The Morgan fingerprint density at radius 1 is 0.632 bits per heavy atom. The van der Waals surface area contributed by atoms with Gasteiger partial charge >= 0.3 is 125 Å². The number of aryl methyl sites for hydroxylation is 2. The van der Waals surface area contributed by atoms with Crippen LogP contribution in [0.25, 0.3) is 0 Å². The molecule has 0 nitrogen and oxygen atoms in total. The van der Waals surface area contributed by atoms with Gasteiger partial charge in [-0.1, -0.05) is 0 Å². The fourth-order valence-electron chi connectivity index (χ4n) is 1.47. The molecule has 0 aliphatic rings. The third-order valence-corrected chi connectivity index (χ3v) is 3.76. The van der Waals surface area contributed by atoms with E-state index in [2.05, 4.69) is 82.2 Å². The minimum absolute atomic E-state index is 0.540. The van der Waals surface area contributed by atoms with Crippen LogP contribution in [0, 0.1) is 33.6 Å². The van der Waals surface area contributed by atoms with Crippen LogP contribution in [0.15, 0.2) is 48.5 Å². The van der Waals surface area contributed by atoms with Crippen LogP contribution in [0.5, 0.6) is 0 Å². The summed E-state index contributed by atoms with van der Waals surface area (Å²) in [5, 5.41) is 0. The van der Waals surface area contributed by atoms with Gasteiger partial charge in [-0.25, -0.2) is 0 Å². The normalized spacial score (nSPS) is 8.95. The molecule has 0 aliphatic carbocycles. The molecule has 92 valence electrons. The first-order valence-corrected chi connectivity index (χ1v) is 8.38. The summed E-state index contributed by atoms with van der Waals surface area (Å²) in [6.07, 6.45) is 0. The van der Waals surface area contributed by atoms with E-state index >= 15 is 0 Å². The molecular formula is C18H14Te. The number of benzene rings is 2. The van der Waals surface area contributed by atoms with Gasteiger partial charge < -0.3 is 0 Å². The second-order valence-corrected chi connectivity index (χ2v) is 6.04. The molecule has 1 heteroatoms. The summed E-state index contributed by atoms with van der Waals surface area (Å²) in [5.74, 6) is 6.35. The summed E-state index contributed by atoms with van der Waals surface area (Å²) in [4.78, 5) is 0. The van der Waals surface area contributed by atoms with Gasteiger partial charge in [0.1, 0.15) is 0 Å². The summed E-state index contributed by atoms with van der Waals surface area (Å²) >= 11 is -0.540. The Hall–Kier alpha value is -1.65. The molecule has 2 rings (SSSR count). The third kappa shape index (κ3) is 4.85. The zero-order valence-electron chi connectivity index (χ0n) is 11.0. The zero-order valence-corrected chi connectivity index (χ0v) is 13.4. The van der Waals surface area contributed by atoms with Gasteiger partial charge in [-0.3, -0.25) is 0 Å². The quantitative estimate of drug-likeness (QED) is 0.501. The molecule has 0 heterocycles. The van der Waals surface area contributed by atoms with Crippen molar-refractivity contribution in [2.45, 2.75) is 13.8 Å². The molecule has 0 amide bonds. The minimum atomic E-state index is -0.540. The van der Waals surface area contributed by atoms with E-state index in [1.165, 1.54) is 11.1 Å². The Bertz CT molecular complexity index is 595. The van der Waals surface area contributed by atoms with Crippen LogP contribution in [0.1, 0.15) is 22.3 Å². The van der Waals surface area contributed by atoms with E-state index in [1.807, 2.05) is 0 Å². The Kier molecular flexibility index (Phi) is 5.12. The van der Waals surface area contributed by atoms with Crippen molar-refractivity contribution in [3.05, 3.63) is 70.8 Å². The Balaban J connectivity index is 1.94. The van der Waals surface area contributed by atoms with Crippen LogP contribution >= 0.6 is 0 Å². The molecule has 0 unspecified atom stereocenters. The monoisotopic (exact) mass is 360 g/mol. The fourth-order valence-corrected chi connectivity index (χ4v) is 2.58. The predicted molar refractivity (Wildman–Crippen MR) is 81.9 cm³/mol. The number of hydrogen-bond donors (Lipinski definition) is 0. The van der Waals surface area contributed by atoms with E-state index in [9.17, 15) is 0 Å². The van der Waals surface area contributed by atoms with Gasteiger partial charge in [-0.05, 0) is 0 Å². The van der Waals surface area contributed by atoms with E-state index in [0.717, 1.165) is 11.1 Å². The maximum absolute atomic E-state index is 3.21. The van der Waals surface area contributed by atoms with Crippen LogP contribution in [0.2, 0.25) is 0 Å². The first kappa shape index (κ1) is 13.8. The summed E-state index contributed by atoms with van der Waals surface area (Å²) in [6.45, 7) is 4.16. The average Bonchev–Trinajstić information content (AvgIpc) is 2.43. The van der Waals surface area contributed by atoms with Crippen LogP contribution in [0.3, 0.4) is 0 Å². The standard InChI is InChI=1S/C18H14Te/c1-15-3-7-17(8-4-15)11-13-19-14-12-18-9-5-16(2)6-10-18/h3-10H,1-2H3. The van der Waals surface area contributed by atoms with Gasteiger partial charge in [0.05, 0.1) is 0 Å². The topological polar surface area (TPSA) is 0 Å². The van der Waals surface area contributed by atoms with Crippen molar-refractivity contribution in [3.63, 3.8) is 0 Å². The van der Waals surface area contributed by atoms with Crippen molar-refractivity contribution in [3.8, 4) is 19.8 Å². The van der Waals surface area contributed by atoms with Crippen molar-refractivity contribution in [1.82, 2.24) is 0 Å².